The Morgan fingerprint density at radius 2 is 2.00 bits per heavy atom. The molecule has 0 aliphatic carbocycles. The molecule has 1 aromatic carbocycles. The lowest BCUT2D eigenvalue weighted by atomic mass is 10.1. The fourth-order valence-electron chi connectivity index (χ4n) is 3.11. The van der Waals surface area contributed by atoms with Crippen molar-refractivity contribution in [2.24, 2.45) is 4.99 Å². The number of guanidine groups is 1. The summed E-state index contributed by atoms with van der Waals surface area (Å²) >= 11 is 0. The first-order valence-corrected chi connectivity index (χ1v) is 9.12. The van der Waals surface area contributed by atoms with E-state index in [1.165, 1.54) is 11.3 Å². The van der Waals surface area contributed by atoms with Crippen LogP contribution in [-0.4, -0.2) is 65.6 Å². The summed E-state index contributed by atoms with van der Waals surface area (Å²) < 4.78 is 10.4. The number of rotatable bonds is 10. The van der Waals surface area contributed by atoms with Crippen LogP contribution in [0.15, 0.2) is 29.3 Å². The lowest BCUT2D eigenvalue weighted by Gasteiger charge is -2.25. The van der Waals surface area contributed by atoms with E-state index in [4.69, 9.17) is 9.47 Å². The van der Waals surface area contributed by atoms with Crippen molar-refractivity contribution in [3.8, 4) is 0 Å². The van der Waals surface area contributed by atoms with E-state index < -0.39 is 0 Å². The summed E-state index contributed by atoms with van der Waals surface area (Å²) in [6, 6.07) is 9.24. The van der Waals surface area contributed by atoms with Crippen LogP contribution < -0.4 is 15.5 Å². The molecule has 140 valence electrons. The van der Waals surface area contributed by atoms with E-state index in [1.807, 2.05) is 0 Å². The molecule has 1 unspecified atom stereocenters. The SMILES string of the molecule is CN=C(NCCCOCCOC)NCCN1c2ccccc2CC1C. The van der Waals surface area contributed by atoms with Crippen LogP contribution >= 0.6 is 0 Å². The highest BCUT2D eigenvalue weighted by Gasteiger charge is 2.24. The molecule has 0 saturated heterocycles. The monoisotopic (exact) mass is 348 g/mol. The number of anilines is 1. The quantitative estimate of drug-likeness (QED) is 0.383. The van der Waals surface area contributed by atoms with Gasteiger partial charge in [-0.1, -0.05) is 18.2 Å². The molecule has 0 fully saturated rings. The standard InChI is InChI=1S/C19H32N4O2/c1-16-15-17-7-4-5-8-18(17)23(16)11-10-22-19(20-2)21-9-6-12-25-14-13-24-3/h4-5,7-8,16H,6,9-15H2,1-3H3,(H2,20,21,22). The average molecular weight is 348 g/mol. The number of methoxy groups -OCH3 is 1. The van der Waals surface area contributed by atoms with E-state index >= 15 is 0 Å². The Labute approximate surface area is 151 Å². The maximum Gasteiger partial charge on any atom is 0.191 e. The summed E-state index contributed by atoms with van der Waals surface area (Å²) in [5, 5.41) is 6.72. The molecule has 2 rings (SSSR count). The van der Waals surface area contributed by atoms with Gasteiger partial charge in [-0.25, -0.2) is 0 Å². The molecular formula is C19H32N4O2. The Kier molecular flexibility index (Phi) is 8.55. The number of aliphatic imine (C=N–C) groups is 1. The number of benzene rings is 1. The zero-order chi connectivity index (χ0) is 17.9. The molecular weight excluding hydrogens is 316 g/mol. The predicted octanol–water partition coefficient (Wildman–Crippen LogP) is 1.66. The second-order valence-electron chi connectivity index (χ2n) is 6.26. The van der Waals surface area contributed by atoms with Crippen LogP contribution in [0, 0.1) is 0 Å². The van der Waals surface area contributed by atoms with Gasteiger partial charge in [-0.2, -0.15) is 0 Å². The molecule has 0 radical (unpaired) electrons. The number of fused-ring (bicyclic) bond motifs is 1. The minimum Gasteiger partial charge on any atom is -0.382 e. The molecule has 1 atom stereocenters. The Hall–Kier alpha value is -1.79. The molecule has 1 aromatic rings. The fraction of sp³-hybridized carbons (Fsp3) is 0.632. The van der Waals surface area contributed by atoms with E-state index in [0.29, 0.717) is 19.3 Å². The van der Waals surface area contributed by atoms with Gasteiger partial charge in [-0.15, -0.1) is 0 Å². The number of para-hydroxylation sites is 1. The first-order chi connectivity index (χ1) is 12.3. The van der Waals surface area contributed by atoms with Crippen molar-refractivity contribution in [1.29, 1.82) is 0 Å². The lowest BCUT2D eigenvalue weighted by molar-refractivity contribution is 0.0698. The van der Waals surface area contributed by atoms with Gasteiger partial charge in [0, 0.05) is 52.1 Å². The Bertz CT molecular complexity index is 536. The Balaban J connectivity index is 1.63. The van der Waals surface area contributed by atoms with Gasteiger partial charge >= 0.3 is 0 Å². The van der Waals surface area contributed by atoms with Gasteiger partial charge in [0.15, 0.2) is 5.96 Å². The molecule has 0 spiro atoms. The van der Waals surface area contributed by atoms with E-state index in [2.05, 4.69) is 51.7 Å². The lowest BCUT2D eigenvalue weighted by Crippen LogP contribution is -2.43. The van der Waals surface area contributed by atoms with Crippen LogP contribution in [0.2, 0.25) is 0 Å². The smallest absolute Gasteiger partial charge is 0.191 e. The van der Waals surface area contributed by atoms with Crippen LogP contribution in [-0.2, 0) is 15.9 Å². The molecule has 25 heavy (non-hydrogen) atoms. The summed E-state index contributed by atoms with van der Waals surface area (Å²) in [5.74, 6) is 0.844. The van der Waals surface area contributed by atoms with Crippen molar-refractivity contribution in [2.75, 3.05) is 58.5 Å². The van der Waals surface area contributed by atoms with Crippen molar-refractivity contribution in [3.05, 3.63) is 29.8 Å². The molecule has 1 aliphatic rings. The number of nitrogens with zero attached hydrogens (tertiary/aromatic N) is 2. The third kappa shape index (κ3) is 6.21. The molecule has 1 heterocycles. The third-order valence-electron chi connectivity index (χ3n) is 4.41. The summed E-state index contributed by atoms with van der Waals surface area (Å²) in [6.07, 6.45) is 2.08. The zero-order valence-electron chi connectivity index (χ0n) is 15.8. The Morgan fingerprint density at radius 3 is 2.80 bits per heavy atom. The minimum atomic E-state index is 0.554. The van der Waals surface area contributed by atoms with Gasteiger partial charge in [-0.3, -0.25) is 4.99 Å². The van der Waals surface area contributed by atoms with Crippen molar-refractivity contribution in [3.63, 3.8) is 0 Å². The van der Waals surface area contributed by atoms with Crippen LogP contribution in [0.25, 0.3) is 0 Å². The predicted molar refractivity (Wildman–Crippen MR) is 104 cm³/mol. The number of ether oxygens (including phenoxy) is 2. The molecule has 0 bridgehead atoms. The number of nitrogens with one attached hydrogen (secondary N) is 2. The van der Waals surface area contributed by atoms with Crippen LogP contribution in [0.4, 0.5) is 5.69 Å². The summed E-state index contributed by atoms with van der Waals surface area (Å²) in [5.41, 5.74) is 2.82. The largest absolute Gasteiger partial charge is 0.382 e. The summed E-state index contributed by atoms with van der Waals surface area (Å²) in [6.45, 7) is 7.00. The number of hydrogen-bond donors (Lipinski definition) is 2. The first-order valence-electron chi connectivity index (χ1n) is 9.12. The van der Waals surface area contributed by atoms with Crippen LogP contribution in [0.1, 0.15) is 18.9 Å². The molecule has 6 heteroatoms. The van der Waals surface area contributed by atoms with Gasteiger partial charge in [-0.05, 0) is 31.4 Å². The van der Waals surface area contributed by atoms with Gasteiger partial charge in [0.2, 0.25) is 0 Å². The highest BCUT2D eigenvalue weighted by atomic mass is 16.5. The highest BCUT2D eigenvalue weighted by molar-refractivity contribution is 5.79. The molecule has 1 aliphatic heterocycles. The Morgan fingerprint density at radius 1 is 1.20 bits per heavy atom. The molecule has 0 saturated carbocycles. The summed E-state index contributed by atoms with van der Waals surface area (Å²) in [7, 11) is 3.49. The number of hydrogen-bond acceptors (Lipinski definition) is 4. The van der Waals surface area contributed by atoms with Crippen molar-refractivity contribution in [1.82, 2.24) is 10.6 Å². The van der Waals surface area contributed by atoms with Gasteiger partial charge in [0.1, 0.15) is 0 Å². The normalized spacial score (nSPS) is 16.8. The molecule has 0 amide bonds. The fourth-order valence-corrected chi connectivity index (χ4v) is 3.11. The second-order valence-corrected chi connectivity index (χ2v) is 6.26. The van der Waals surface area contributed by atoms with E-state index in [-0.39, 0.29) is 0 Å². The van der Waals surface area contributed by atoms with E-state index in [9.17, 15) is 0 Å². The first kappa shape index (κ1) is 19.5. The maximum atomic E-state index is 5.45. The topological polar surface area (TPSA) is 58.1 Å². The van der Waals surface area contributed by atoms with Crippen LogP contribution in [0.5, 0.6) is 0 Å². The average Bonchev–Trinajstić information content (AvgIpc) is 2.95. The minimum absolute atomic E-state index is 0.554. The van der Waals surface area contributed by atoms with E-state index in [0.717, 1.165) is 45.0 Å². The van der Waals surface area contributed by atoms with Crippen LogP contribution in [0.3, 0.4) is 0 Å². The molecule has 6 nitrogen and oxygen atoms in total. The third-order valence-corrected chi connectivity index (χ3v) is 4.41. The summed E-state index contributed by atoms with van der Waals surface area (Å²) in [4.78, 5) is 6.75. The maximum absolute atomic E-state index is 5.45. The van der Waals surface area contributed by atoms with Crippen molar-refractivity contribution < 1.29 is 9.47 Å². The second kappa shape index (κ2) is 10.9. The van der Waals surface area contributed by atoms with Crippen molar-refractivity contribution in [2.45, 2.75) is 25.8 Å². The van der Waals surface area contributed by atoms with E-state index in [1.54, 1.807) is 14.2 Å². The molecule has 2 N–H and O–H groups in total. The molecule has 0 aromatic heterocycles. The highest BCUT2D eigenvalue weighted by Crippen LogP contribution is 2.30. The zero-order valence-corrected chi connectivity index (χ0v) is 15.8. The van der Waals surface area contributed by atoms with Gasteiger partial charge in [0.25, 0.3) is 0 Å². The van der Waals surface area contributed by atoms with Gasteiger partial charge in [0.05, 0.1) is 13.2 Å². The van der Waals surface area contributed by atoms with Gasteiger partial charge < -0.3 is 25.0 Å². The van der Waals surface area contributed by atoms with Crippen molar-refractivity contribution >= 4 is 11.6 Å².